The number of rotatable bonds is 3. The third-order valence-corrected chi connectivity index (χ3v) is 3.51. The van der Waals surface area contributed by atoms with Crippen molar-refractivity contribution in [2.75, 3.05) is 5.32 Å². The highest BCUT2D eigenvalue weighted by molar-refractivity contribution is 9.10. The van der Waals surface area contributed by atoms with Crippen LogP contribution in [0.3, 0.4) is 0 Å². The van der Waals surface area contributed by atoms with Crippen molar-refractivity contribution in [3.8, 4) is 0 Å². The van der Waals surface area contributed by atoms with Crippen LogP contribution in [0.2, 0.25) is 0 Å². The van der Waals surface area contributed by atoms with Crippen LogP contribution in [0.4, 0.5) is 10.1 Å². The van der Waals surface area contributed by atoms with Crippen LogP contribution >= 0.6 is 15.9 Å². The van der Waals surface area contributed by atoms with E-state index in [1.807, 2.05) is 6.92 Å². The molecule has 0 aromatic heterocycles. The molecule has 1 amide bonds. The first kappa shape index (κ1) is 15.2. The molecule has 0 radical (unpaired) electrons. The summed E-state index contributed by atoms with van der Waals surface area (Å²) in [4.78, 5) is 23.2. The lowest BCUT2D eigenvalue weighted by Gasteiger charge is -2.10. The second kappa shape index (κ2) is 6.05. The van der Waals surface area contributed by atoms with Gasteiger partial charge in [0.2, 0.25) is 0 Å². The van der Waals surface area contributed by atoms with Crippen molar-refractivity contribution in [1.82, 2.24) is 0 Å². The summed E-state index contributed by atoms with van der Waals surface area (Å²) < 4.78 is 14.3. The lowest BCUT2D eigenvalue weighted by molar-refractivity contribution is 0.0697. The van der Waals surface area contributed by atoms with E-state index in [0.717, 1.165) is 11.6 Å². The number of hydrogen-bond acceptors (Lipinski definition) is 2. The van der Waals surface area contributed by atoms with Gasteiger partial charge < -0.3 is 10.4 Å². The third kappa shape index (κ3) is 3.28. The number of aromatic carboxylic acids is 1. The molecule has 0 aliphatic heterocycles. The first-order valence-electron chi connectivity index (χ1n) is 5.99. The minimum Gasteiger partial charge on any atom is -0.478 e. The summed E-state index contributed by atoms with van der Waals surface area (Å²) in [6, 6.07) is 8.65. The van der Waals surface area contributed by atoms with Gasteiger partial charge in [0.1, 0.15) is 5.82 Å². The topological polar surface area (TPSA) is 66.4 Å². The van der Waals surface area contributed by atoms with Crippen molar-refractivity contribution in [1.29, 1.82) is 0 Å². The molecule has 6 heteroatoms. The van der Waals surface area contributed by atoms with E-state index in [1.165, 1.54) is 12.1 Å². The Bertz CT molecular complexity index is 731. The van der Waals surface area contributed by atoms with Gasteiger partial charge in [-0.25, -0.2) is 9.18 Å². The van der Waals surface area contributed by atoms with Crippen LogP contribution in [0, 0.1) is 12.7 Å². The number of hydrogen-bond donors (Lipinski definition) is 2. The van der Waals surface area contributed by atoms with Gasteiger partial charge in [-0.1, -0.05) is 12.1 Å². The fraction of sp³-hybridized carbons (Fsp3) is 0.0667. The average Bonchev–Trinajstić information content (AvgIpc) is 2.40. The summed E-state index contributed by atoms with van der Waals surface area (Å²) in [5.74, 6) is -2.70. The summed E-state index contributed by atoms with van der Waals surface area (Å²) in [5.41, 5.74) is 0.602. The van der Waals surface area contributed by atoms with E-state index in [1.54, 1.807) is 18.2 Å². The number of carbonyl (C=O) groups excluding carboxylic acids is 1. The van der Waals surface area contributed by atoms with E-state index in [2.05, 4.69) is 21.2 Å². The molecule has 0 saturated heterocycles. The van der Waals surface area contributed by atoms with Gasteiger partial charge in [-0.15, -0.1) is 0 Å². The van der Waals surface area contributed by atoms with Crippen LogP contribution in [0.5, 0.6) is 0 Å². The Morgan fingerprint density at radius 1 is 1.19 bits per heavy atom. The summed E-state index contributed by atoms with van der Waals surface area (Å²) in [6.45, 7) is 1.87. The first-order chi connectivity index (χ1) is 9.90. The monoisotopic (exact) mass is 351 g/mol. The Labute approximate surface area is 128 Å². The maximum atomic E-state index is 13.8. The van der Waals surface area contributed by atoms with Crippen LogP contribution in [0.1, 0.15) is 26.3 Å². The molecular formula is C15H11BrFNO3. The number of para-hydroxylation sites is 1. The van der Waals surface area contributed by atoms with Crippen molar-refractivity contribution in [3.05, 3.63) is 63.4 Å². The zero-order valence-corrected chi connectivity index (χ0v) is 12.6. The summed E-state index contributed by atoms with van der Waals surface area (Å²) in [7, 11) is 0. The van der Waals surface area contributed by atoms with Gasteiger partial charge in [-0.05, 0) is 52.7 Å². The number of halogens is 2. The van der Waals surface area contributed by atoms with Crippen LogP contribution in [0.25, 0.3) is 0 Å². The van der Waals surface area contributed by atoms with Gasteiger partial charge in [0.15, 0.2) is 0 Å². The molecule has 108 valence electrons. The molecule has 0 heterocycles. The molecule has 2 rings (SSSR count). The zero-order chi connectivity index (χ0) is 15.6. The van der Waals surface area contributed by atoms with Crippen LogP contribution in [-0.2, 0) is 0 Å². The Hall–Kier alpha value is -2.21. The number of carboxylic acid groups (broad SMARTS) is 1. The number of aryl methyl sites for hydroxylation is 1. The average molecular weight is 352 g/mol. The van der Waals surface area contributed by atoms with Crippen molar-refractivity contribution in [3.63, 3.8) is 0 Å². The summed E-state index contributed by atoms with van der Waals surface area (Å²) in [5, 5.41) is 11.3. The van der Waals surface area contributed by atoms with Crippen LogP contribution in [0.15, 0.2) is 40.9 Å². The number of carboxylic acids is 1. The molecule has 0 unspecified atom stereocenters. The molecule has 0 fully saturated rings. The highest BCUT2D eigenvalue weighted by Gasteiger charge is 2.18. The van der Waals surface area contributed by atoms with Gasteiger partial charge in [0.25, 0.3) is 5.91 Å². The fourth-order valence-corrected chi connectivity index (χ4v) is 2.49. The van der Waals surface area contributed by atoms with E-state index in [9.17, 15) is 14.0 Å². The standard InChI is InChI=1S/C15H11BrFNO3/c1-8-5-6-9(11(16)7-8)14(19)18-13-10(15(20)21)3-2-4-12(13)17/h2-7H,1H3,(H,18,19)(H,20,21). The quantitative estimate of drug-likeness (QED) is 0.882. The molecular weight excluding hydrogens is 341 g/mol. The smallest absolute Gasteiger partial charge is 0.337 e. The highest BCUT2D eigenvalue weighted by Crippen LogP contribution is 2.23. The predicted molar refractivity (Wildman–Crippen MR) is 80.2 cm³/mol. The van der Waals surface area contributed by atoms with Crippen molar-refractivity contribution in [2.45, 2.75) is 6.92 Å². The lowest BCUT2D eigenvalue weighted by Crippen LogP contribution is -2.16. The number of nitrogens with one attached hydrogen (secondary N) is 1. The number of carbonyl (C=O) groups is 2. The number of anilines is 1. The Morgan fingerprint density at radius 2 is 1.90 bits per heavy atom. The SMILES string of the molecule is Cc1ccc(C(=O)Nc2c(F)cccc2C(=O)O)c(Br)c1. The zero-order valence-electron chi connectivity index (χ0n) is 11.0. The second-order valence-electron chi connectivity index (χ2n) is 4.40. The van der Waals surface area contributed by atoms with Gasteiger partial charge in [-0.2, -0.15) is 0 Å². The second-order valence-corrected chi connectivity index (χ2v) is 5.26. The predicted octanol–water partition coefficient (Wildman–Crippen LogP) is 3.85. The molecule has 0 atom stereocenters. The molecule has 2 aromatic rings. The molecule has 0 aliphatic carbocycles. The van der Waals surface area contributed by atoms with E-state index >= 15 is 0 Å². The summed E-state index contributed by atoms with van der Waals surface area (Å²) >= 11 is 3.26. The van der Waals surface area contributed by atoms with E-state index in [-0.39, 0.29) is 11.3 Å². The molecule has 2 aromatic carbocycles. The maximum Gasteiger partial charge on any atom is 0.337 e. The first-order valence-corrected chi connectivity index (χ1v) is 6.78. The normalized spacial score (nSPS) is 10.2. The molecule has 21 heavy (non-hydrogen) atoms. The molecule has 0 aliphatic rings. The summed E-state index contributed by atoms with van der Waals surface area (Å²) in [6.07, 6.45) is 0. The maximum absolute atomic E-state index is 13.8. The molecule has 0 saturated carbocycles. The largest absolute Gasteiger partial charge is 0.478 e. The molecule has 4 nitrogen and oxygen atoms in total. The molecule has 0 spiro atoms. The van der Waals surface area contributed by atoms with Crippen molar-refractivity contribution < 1.29 is 19.1 Å². The van der Waals surface area contributed by atoms with E-state index in [4.69, 9.17) is 5.11 Å². The minimum atomic E-state index is -1.31. The number of benzene rings is 2. The Kier molecular flexibility index (Phi) is 4.37. The van der Waals surface area contributed by atoms with Crippen LogP contribution in [-0.4, -0.2) is 17.0 Å². The lowest BCUT2D eigenvalue weighted by atomic mass is 10.1. The van der Waals surface area contributed by atoms with E-state index < -0.39 is 17.7 Å². The van der Waals surface area contributed by atoms with Crippen LogP contribution < -0.4 is 5.32 Å². The number of amides is 1. The highest BCUT2D eigenvalue weighted by atomic mass is 79.9. The third-order valence-electron chi connectivity index (χ3n) is 2.85. The van der Waals surface area contributed by atoms with Gasteiger partial charge in [-0.3, -0.25) is 4.79 Å². The van der Waals surface area contributed by atoms with Crippen molar-refractivity contribution >= 4 is 33.5 Å². The molecule has 2 N–H and O–H groups in total. The molecule has 0 bridgehead atoms. The van der Waals surface area contributed by atoms with Gasteiger partial charge >= 0.3 is 5.97 Å². The Morgan fingerprint density at radius 3 is 2.52 bits per heavy atom. The van der Waals surface area contributed by atoms with Crippen molar-refractivity contribution in [2.24, 2.45) is 0 Å². The van der Waals surface area contributed by atoms with Gasteiger partial charge in [0.05, 0.1) is 16.8 Å². The minimum absolute atomic E-state index is 0.292. The fourth-order valence-electron chi connectivity index (χ4n) is 1.81. The Balaban J connectivity index is 2.38. The van der Waals surface area contributed by atoms with E-state index in [0.29, 0.717) is 10.0 Å². The van der Waals surface area contributed by atoms with Gasteiger partial charge in [0, 0.05) is 4.47 Å².